The van der Waals surface area contributed by atoms with Gasteiger partial charge in [0.1, 0.15) is 5.75 Å². The van der Waals surface area contributed by atoms with E-state index in [1.807, 2.05) is 6.20 Å². The molecule has 32 heavy (non-hydrogen) atoms. The van der Waals surface area contributed by atoms with Crippen LogP contribution < -0.4 is 4.74 Å². The Morgan fingerprint density at radius 1 is 0.625 bits per heavy atom. The van der Waals surface area contributed by atoms with Crippen molar-refractivity contribution in [3.8, 4) is 17.0 Å². The highest BCUT2D eigenvalue weighted by atomic mass is 16.5. The molecule has 0 N–H and O–H groups in total. The smallest absolute Gasteiger partial charge is 0.119 e. The van der Waals surface area contributed by atoms with Crippen molar-refractivity contribution in [3.05, 3.63) is 48.2 Å². The Bertz CT molecular complexity index is 681. The largest absolute Gasteiger partial charge is 0.494 e. The summed E-state index contributed by atoms with van der Waals surface area (Å²) in [7, 11) is 0. The summed E-state index contributed by atoms with van der Waals surface area (Å²) < 4.78 is 11.5. The molecule has 2 aromatic rings. The number of unbranched alkanes of at least 4 members (excludes halogenated alkanes) is 9. The summed E-state index contributed by atoms with van der Waals surface area (Å²) in [6.07, 6.45) is 18.6. The predicted molar refractivity (Wildman–Crippen MR) is 136 cm³/mol. The second-order valence-corrected chi connectivity index (χ2v) is 8.82. The highest BCUT2D eigenvalue weighted by molar-refractivity contribution is 5.60. The maximum absolute atomic E-state index is 5.93. The monoisotopic (exact) mass is 439 g/mol. The molecule has 0 bridgehead atoms. The molecule has 0 radical (unpaired) electrons. The van der Waals surface area contributed by atoms with Crippen molar-refractivity contribution in [2.45, 2.75) is 97.3 Å². The van der Waals surface area contributed by atoms with E-state index in [4.69, 9.17) is 9.47 Å². The molecule has 3 heteroatoms. The predicted octanol–water partition coefficient (Wildman–Crippen LogP) is 8.41. The third kappa shape index (κ3) is 11.7. The summed E-state index contributed by atoms with van der Waals surface area (Å²) in [5, 5.41) is 0. The van der Waals surface area contributed by atoms with Crippen LogP contribution in [0.15, 0.2) is 42.6 Å². The Labute approximate surface area is 197 Å². The van der Waals surface area contributed by atoms with Crippen molar-refractivity contribution in [1.82, 2.24) is 4.98 Å². The number of aromatic nitrogens is 1. The van der Waals surface area contributed by atoms with Crippen LogP contribution in [0.2, 0.25) is 0 Å². The molecule has 0 unspecified atom stereocenters. The first-order valence-electron chi connectivity index (χ1n) is 13.1. The number of nitrogens with zero attached hydrogens (tertiary/aromatic N) is 1. The van der Waals surface area contributed by atoms with Crippen molar-refractivity contribution >= 4 is 0 Å². The molecule has 0 saturated carbocycles. The Kier molecular flexibility index (Phi) is 14.6. The van der Waals surface area contributed by atoms with Crippen LogP contribution >= 0.6 is 0 Å². The van der Waals surface area contributed by atoms with Gasteiger partial charge in [0, 0.05) is 25.0 Å². The topological polar surface area (TPSA) is 31.4 Å². The van der Waals surface area contributed by atoms with E-state index in [0.717, 1.165) is 62.5 Å². The zero-order valence-corrected chi connectivity index (χ0v) is 20.6. The van der Waals surface area contributed by atoms with Crippen molar-refractivity contribution < 1.29 is 9.47 Å². The zero-order valence-electron chi connectivity index (χ0n) is 20.6. The lowest BCUT2D eigenvalue weighted by atomic mass is 10.1. The molecule has 3 nitrogen and oxygen atoms in total. The molecule has 0 spiro atoms. The van der Waals surface area contributed by atoms with Crippen molar-refractivity contribution in [2.75, 3.05) is 19.8 Å². The van der Waals surface area contributed by atoms with Gasteiger partial charge in [-0.15, -0.1) is 0 Å². The van der Waals surface area contributed by atoms with Crippen molar-refractivity contribution in [2.24, 2.45) is 0 Å². The van der Waals surface area contributed by atoms with Gasteiger partial charge in [-0.3, -0.25) is 4.98 Å². The molecule has 0 aliphatic heterocycles. The van der Waals surface area contributed by atoms with Gasteiger partial charge in [0.05, 0.1) is 12.3 Å². The van der Waals surface area contributed by atoms with Gasteiger partial charge in [0.15, 0.2) is 0 Å². The maximum Gasteiger partial charge on any atom is 0.119 e. The molecule has 2 rings (SSSR count). The number of aryl methyl sites for hydroxylation is 1. The van der Waals surface area contributed by atoms with E-state index in [1.165, 1.54) is 63.4 Å². The summed E-state index contributed by atoms with van der Waals surface area (Å²) in [5.41, 5.74) is 3.41. The first-order valence-corrected chi connectivity index (χ1v) is 13.1. The standard InChI is InChI=1S/C29H45NO2/c1-3-5-6-7-8-9-10-11-12-13-24-32-28-19-17-27(18-20-28)29-21-16-26(25-30-29)15-14-23-31-22-4-2/h16-21,25H,3-15,22-24H2,1-2H3. The molecule has 1 heterocycles. The molecule has 1 aromatic heterocycles. The molecular weight excluding hydrogens is 394 g/mol. The van der Waals surface area contributed by atoms with Gasteiger partial charge in [0.25, 0.3) is 0 Å². The SMILES string of the molecule is CCCCCCCCCCCCOc1ccc(-c2ccc(CCCOCCC)cn2)cc1. The molecule has 0 saturated heterocycles. The summed E-state index contributed by atoms with van der Waals surface area (Å²) in [6.45, 7) is 6.91. The maximum atomic E-state index is 5.93. The van der Waals surface area contributed by atoms with Crippen molar-refractivity contribution in [1.29, 1.82) is 0 Å². The van der Waals surface area contributed by atoms with E-state index in [1.54, 1.807) is 0 Å². The van der Waals surface area contributed by atoms with Crippen LogP contribution in [-0.4, -0.2) is 24.8 Å². The van der Waals surface area contributed by atoms with Gasteiger partial charge in [-0.05, 0) is 61.6 Å². The van der Waals surface area contributed by atoms with E-state index in [0.29, 0.717) is 0 Å². The summed E-state index contributed by atoms with van der Waals surface area (Å²) in [4.78, 5) is 4.64. The minimum atomic E-state index is 0.810. The number of rotatable bonds is 19. The second-order valence-electron chi connectivity index (χ2n) is 8.82. The Hall–Kier alpha value is -1.87. The van der Waals surface area contributed by atoms with Gasteiger partial charge in [0.2, 0.25) is 0 Å². The van der Waals surface area contributed by atoms with Crippen LogP contribution in [0.25, 0.3) is 11.3 Å². The molecule has 1 aromatic carbocycles. The molecule has 0 fully saturated rings. The van der Waals surface area contributed by atoms with E-state index in [9.17, 15) is 0 Å². The fourth-order valence-electron chi connectivity index (χ4n) is 3.87. The highest BCUT2D eigenvalue weighted by Gasteiger charge is 2.02. The number of benzene rings is 1. The summed E-state index contributed by atoms with van der Waals surface area (Å²) >= 11 is 0. The lowest BCUT2D eigenvalue weighted by Crippen LogP contribution is -1.98. The quantitative estimate of drug-likeness (QED) is 0.206. The van der Waals surface area contributed by atoms with Crippen LogP contribution in [0, 0.1) is 0 Å². The Morgan fingerprint density at radius 2 is 1.31 bits per heavy atom. The van der Waals surface area contributed by atoms with E-state index in [2.05, 4.69) is 55.2 Å². The Balaban J connectivity index is 1.57. The van der Waals surface area contributed by atoms with Gasteiger partial charge >= 0.3 is 0 Å². The molecule has 178 valence electrons. The fraction of sp³-hybridized carbons (Fsp3) is 0.621. The normalized spacial score (nSPS) is 11.1. The van der Waals surface area contributed by atoms with Gasteiger partial charge in [-0.25, -0.2) is 0 Å². The summed E-state index contributed by atoms with van der Waals surface area (Å²) in [6, 6.07) is 12.6. The molecule has 0 atom stereocenters. The average molecular weight is 440 g/mol. The van der Waals surface area contributed by atoms with E-state index < -0.39 is 0 Å². The minimum Gasteiger partial charge on any atom is -0.494 e. The van der Waals surface area contributed by atoms with Crippen LogP contribution in [0.3, 0.4) is 0 Å². The first-order chi connectivity index (χ1) is 15.8. The van der Waals surface area contributed by atoms with Crippen molar-refractivity contribution in [3.63, 3.8) is 0 Å². The lowest BCUT2D eigenvalue weighted by molar-refractivity contribution is 0.132. The fourth-order valence-corrected chi connectivity index (χ4v) is 3.87. The van der Waals surface area contributed by atoms with Gasteiger partial charge in [-0.2, -0.15) is 0 Å². The molecule has 0 aliphatic rings. The molecule has 0 aliphatic carbocycles. The van der Waals surface area contributed by atoms with Gasteiger partial charge in [-0.1, -0.05) is 77.7 Å². The zero-order chi connectivity index (χ0) is 22.7. The number of pyridine rings is 1. The third-order valence-corrected chi connectivity index (χ3v) is 5.84. The van der Waals surface area contributed by atoms with Crippen LogP contribution in [-0.2, 0) is 11.2 Å². The van der Waals surface area contributed by atoms with Gasteiger partial charge < -0.3 is 9.47 Å². The second kappa shape index (κ2) is 17.7. The van der Waals surface area contributed by atoms with Crippen LogP contribution in [0.1, 0.15) is 96.5 Å². The Morgan fingerprint density at radius 3 is 1.94 bits per heavy atom. The van der Waals surface area contributed by atoms with E-state index in [-0.39, 0.29) is 0 Å². The third-order valence-electron chi connectivity index (χ3n) is 5.84. The number of hydrogen-bond acceptors (Lipinski definition) is 3. The van der Waals surface area contributed by atoms with Crippen LogP contribution in [0.5, 0.6) is 5.75 Å². The molecule has 0 amide bonds. The average Bonchev–Trinajstić information content (AvgIpc) is 2.83. The summed E-state index contributed by atoms with van der Waals surface area (Å²) in [5.74, 6) is 0.952. The lowest BCUT2D eigenvalue weighted by Gasteiger charge is -2.08. The van der Waals surface area contributed by atoms with Crippen LogP contribution in [0.4, 0.5) is 0 Å². The number of hydrogen-bond donors (Lipinski definition) is 0. The highest BCUT2D eigenvalue weighted by Crippen LogP contribution is 2.21. The number of ether oxygens (including phenoxy) is 2. The van der Waals surface area contributed by atoms with E-state index >= 15 is 0 Å². The first kappa shape index (κ1) is 26.4. The minimum absolute atomic E-state index is 0.810. The molecular formula is C29H45NO2.